The molecule has 5 aromatic rings. The molecule has 0 radical (unpaired) electrons. The largest absolute Gasteiger partial charge is 0.501 e. The van der Waals surface area contributed by atoms with Crippen LogP contribution in [0.5, 0.6) is 0 Å². The lowest BCUT2D eigenvalue weighted by molar-refractivity contribution is -0.144. The van der Waals surface area contributed by atoms with Crippen molar-refractivity contribution in [2.75, 3.05) is 95.3 Å². The number of aryl methyl sites for hydroxylation is 1. The molecule has 3 aliphatic heterocycles. The topological polar surface area (TPSA) is 234 Å². The molecule has 3 atom stereocenters. The summed E-state index contributed by atoms with van der Waals surface area (Å²) in [6.07, 6.45) is 9.75. The zero-order valence-corrected chi connectivity index (χ0v) is 60.4. The number of carbonyl (C=O) groups is 4. The third-order valence-corrected chi connectivity index (χ3v) is 23.3. The van der Waals surface area contributed by atoms with Crippen LogP contribution >= 0.6 is 22.9 Å². The summed E-state index contributed by atoms with van der Waals surface area (Å²) >= 11 is 7.77. The average molecular weight is 1430 g/mol. The van der Waals surface area contributed by atoms with Gasteiger partial charge in [0.25, 0.3) is 25.8 Å². The average Bonchev–Trinajstić information content (AvgIpc) is 0.991. The zero-order valence-electron chi connectivity index (χ0n) is 57.2. The number of hydrogen-bond acceptors (Lipinski definition) is 16. The number of aliphatic hydroxyl groups is 1. The Bertz CT molecular complexity index is 3810. The van der Waals surface area contributed by atoms with Gasteiger partial charge in [0.15, 0.2) is 0 Å². The maximum Gasteiger partial charge on any atom is 0.501 e. The summed E-state index contributed by atoms with van der Waals surface area (Å²) in [7, 11) is -10.9. The fourth-order valence-corrected chi connectivity index (χ4v) is 16.5. The van der Waals surface area contributed by atoms with Gasteiger partial charge in [-0.05, 0) is 146 Å². The molecule has 1 aliphatic carbocycles. The number of nitrogens with zero attached hydrogens (tertiary/aromatic N) is 6. The number of alkyl halides is 3. The van der Waals surface area contributed by atoms with Gasteiger partial charge in [0, 0.05) is 108 Å². The molecule has 19 nitrogen and oxygen atoms in total. The molecule has 534 valence electrons. The number of piperazine rings is 2. The van der Waals surface area contributed by atoms with Gasteiger partial charge in [0.05, 0.1) is 32.8 Å². The van der Waals surface area contributed by atoms with E-state index in [9.17, 15) is 54.3 Å². The number of anilines is 2. The van der Waals surface area contributed by atoms with Crippen LogP contribution in [0.3, 0.4) is 0 Å². The third kappa shape index (κ3) is 20.4. The lowest BCUT2D eigenvalue weighted by atomic mass is 9.73. The van der Waals surface area contributed by atoms with E-state index in [4.69, 9.17) is 11.6 Å². The van der Waals surface area contributed by atoms with Gasteiger partial charge in [-0.3, -0.25) is 24.1 Å². The van der Waals surface area contributed by atoms with Crippen molar-refractivity contribution in [1.29, 1.82) is 0 Å². The van der Waals surface area contributed by atoms with Crippen molar-refractivity contribution in [3.63, 3.8) is 0 Å². The molecule has 0 unspecified atom stereocenters. The molecule has 4 heterocycles. The van der Waals surface area contributed by atoms with Crippen LogP contribution in [0.4, 0.5) is 24.5 Å². The molecule has 0 saturated carbocycles. The number of thiazole rings is 1. The Kier molecular flexibility index (Phi) is 25.8. The van der Waals surface area contributed by atoms with Crippen LogP contribution in [0.1, 0.15) is 145 Å². The Morgan fingerprint density at radius 2 is 1.38 bits per heavy atom. The number of amides is 4. The van der Waals surface area contributed by atoms with Gasteiger partial charge in [-0.15, -0.1) is 11.3 Å². The summed E-state index contributed by atoms with van der Waals surface area (Å²) in [6, 6.07) is 22.9. The standard InChI is InChI=1S/C72H96ClF3N10O9S3/c1-50-65(96-49-79-50)53-18-16-51(17-19-53)46-78-68(90)62-43-58(87)48-86(62)69(91)66(70(2,3)4)80-64(88)15-12-10-8-7-9-11-13-33-82-35-37-83(38-36-82)34-14-32-77-61-29-28-59(44-63(61)97(92,93)72(74,75)76)98(94,95)81-67(89)54-22-26-57(27-23-54)85-41-39-84(40-42-85)47-55-45-71(5,6)31-30-60(55)52-20-24-56(73)25-21-52/h16-29,44,49,58,62,66,77,87H,7-15,30-43,45-48H2,1-6H3,(H,78,90)(H,80,88)(H,81,89)/t58-,62+,66-/m1/s1. The number of allylic oxidation sites excluding steroid dienone is 1. The Hall–Kier alpha value is -6.45. The molecule has 1 aromatic heterocycles. The smallest absolute Gasteiger partial charge is 0.391 e. The molecular formula is C72H96ClF3N10O9S3. The number of unbranched alkanes of at least 4 members (excludes halogenated alkanes) is 6. The van der Waals surface area contributed by atoms with Crippen LogP contribution < -0.4 is 25.6 Å². The van der Waals surface area contributed by atoms with Crippen molar-refractivity contribution >= 4 is 83.4 Å². The molecule has 9 rings (SSSR count). The van der Waals surface area contributed by atoms with Crippen molar-refractivity contribution in [3.05, 3.63) is 129 Å². The van der Waals surface area contributed by atoms with Gasteiger partial charge in [-0.2, -0.15) is 13.2 Å². The number of hydrogen-bond donors (Lipinski definition) is 5. The van der Waals surface area contributed by atoms with E-state index in [0.29, 0.717) is 30.5 Å². The Morgan fingerprint density at radius 3 is 2.00 bits per heavy atom. The number of halogens is 4. The Labute approximate surface area is 585 Å². The number of likely N-dealkylation sites (tertiary alicyclic amines) is 1. The van der Waals surface area contributed by atoms with E-state index in [2.05, 4.69) is 66.5 Å². The van der Waals surface area contributed by atoms with Crippen LogP contribution in [0, 0.1) is 17.8 Å². The predicted molar refractivity (Wildman–Crippen MR) is 380 cm³/mol. The number of aliphatic hydroxyl groups excluding tert-OH is 1. The SMILES string of the molecule is Cc1ncsc1-c1ccc(CNC(=O)[C@@H]2C[C@@H](O)CN2C(=O)[C@@H](NC(=O)CCCCCCCCCN2CCN(CCCNc3ccc(S(=O)(=O)NC(=O)c4ccc(N5CCN(CC6=C(c7ccc(Cl)cc7)CCC(C)(C)C6)CC5)cc4)cc3S(=O)(=O)C(F)(F)F)CC2)C(C)(C)C)cc1. The fourth-order valence-electron chi connectivity index (χ4n) is 13.5. The normalized spacial score (nSPS) is 18.8. The summed E-state index contributed by atoms with van der Waals surface area (Å²) in [4.78, 5) is 68.3. The van der Waals surface area contributed by atoms with Crippen LogP contribution in [0.25, 0.3) is 16.0 Å². The minimum Gasteiger partial charge on any atom is -0.391 e. The monoisotopic (exact) mass is 1430 g/mol. The maximum absolute atomic E-state index is 14.1. The van der Waals surface area contributed by atoms with Gasteiger partial charge in [0.2, 0.25) is 17.7 Å². The first-order chi connectivity index (χ1) is 46.4. The molecule has 0 spiro atoms. The van der Waals surface area contributed by atoms with Crippen molar-refractivity contribution < 1.29 is 54.3 Å². The summed E-state index contributed by atoms with van der Waals surface area (Å²) in [5.41, 5.74) is 2.95. The molecule has 3 fully saturated rings. The van der Waals surface area contributed by atoms with E-state index in [1.54, 1.807) is 23.5 Å². The number of rotatable bonds is 29. The highest BCUT2D eigenvalue weighted by atomic mass is 35.5. The second-order valence-corrected chi connectivity index (χ2v) is 33.3. The number of benzene rings is 4. The Morgan fingerprint density at radius 1 is 0.765 bits per heavy atom. The van der Waals surface area contributed by atoms with Crippen LogP contribution in [-0.2, 0) is 40.8 Å². The van der Waals surface area contributed by atoms with Crippen LogP contribution in [0.2, 0.25) is 5.02 Å². The highest BCUT2D eigenvalue weighted by molar-refractivity contribution is 7.92. The van der Waals surface area contributed by atoms with Crippen molar-refractivity contribution in [3.8, 4) is 10.4 Å². The third-order valence-electron chi connectivity index (χ3n) is 19.3. The fraction of sp³-hybridized carbons (Fsp3) is 0.542. The van der Waals surface area contributed by atoms with Crippen LogP contribution in [0.15, 0.2) is 112 Å². The van der Waals surface area contributed by atoms with E-state index in [-0.39, 0.29) is 55.3 Å². The van der Waals surface area contributed by atoms with Crippen molar-refractivity contribution in [2.45, 2.75) is 165 Å². The molecule has 98 heavy (non-hydrogen) atoms. The number of sulfonamides is 1. The quantitative estimate of drug-likeness (QED) is 0.0280. The minimum absolute atomic E-state index is 0.000824. The van der Waals surface area contributed by atoms with Crippen molar-refractivity contribution in [1.82, 2.24) is 39.9 Å². The second-order valence-electron chi connectivity index (χ2n) is 28.4. The number of aromatic nitrogens is 1. The van der Waals surface area contributed by atoms with E-state index < -0.39 is 76.3 Å². The lowest BCUT2D eigenvalue weighted by Crippen LogP contribution is -2.57. The molecule has 26 heteroatoms. The molecule has 4 amide bonds. The molecule has 4 aromatic carbocycles. The molecular weight excluding hydrogens is 1340 g/mol. The van der Waals surface area contributed by atoms with Crippen LogP contribution in [-0.4, -0.2) is 179 Å². The highest BCUT2D eigenvalue weighted by Gasteiger charge is 2.49. The Balaban J connectivity index is 0.644. The first-order valence-electron chi connectivity index (χ1n) is 34.2. The van der Waals surface area contributed by atoms with E-state index in [0.717, 1.165) is 163 Å². The van der Waals surface area contributed by atoms with Gasteiger partial charge < -0.3 is 40.7 Å². The van der Waals surface area contributed by atoms with Gasteiger partial charge >= 0.3 is 5.51 Å². The maximum atomic E-state index is 14.1. The van der Waals surface area contributed by atoms with Gasteiger partial charge in [-0.1, -0.05) is 120 Å². The zero-order chi connectivity index (χ0) is 70.6. The summed E-state index contributed by atoms with van der Waals surface area (Å²) in [6.45, 7) is 21.3. The van der Waals surface area contributed by atoms with E-state index in [1.807, 2.05) is 74.3 Å². The molecule has 0 bridgehead atoms. The molecule has 5 N–H and O–H groups in total. The summed E-state index contributed by atoms with van der Waals surface area (Å²) in [5, 5.41) is 20.0. The van der Waals surface area contributed by atoms with Crippen molar-refractivity contribution in [2.24, 2.45) is 10.8 Å². The summed E-state index contributed by atoms with van der Waals surface area (Å²) in [5.74, 6) is -2.02. The van der Waals surface area contributed by atoms with E-state index >= 15 is 0 Å². The second kappa shape index (κ2) is 33.4. The van der Waals surface area contributed by atoms with E-state index in [1.165, 1.54) is 33.7 Å². The van der Waals surface area contributed by atoms with Gasteiger partial charge in [0.1, 0.15) is 17.0 Å². The number of sulfone groups is 1. The molecule has 4 aliphatic rings. The highest BCUT2D eigenvalue weighted by Crippen LogP contribution is 2.43. The summed E-state index contributed by atoms with van der Waals surface area (Å²) < 4.78 is 97.3. The lowest BCUT2D eigenvalue weighted by Gasteiger charge is -2.39. The van der Waals surface area contributed by atoms with Gasteiger partial charge in [-0.25, -0.2) is 26.5 Å². The first-order valence-corrected chi connectivity index (χ1v) is 38.5. The molecule has 3 saturated heterocycles. The number of β-amino-alcohol motifs (C(OH)–C–C–N with tert-alkyl or cyclic N) is 1. The minimum atomic E-state index is -6.03. The predicted octanol–water partition coefficient (Wildman–Crippen LogP) is 11.3. The number of carbonyl (C=O) groups excluding carboxylic acids is 4. The number of nitrogens with one attached hydrogen (secondary N) is 4. The first kappa shape index (κ1) is 75.7.